The van der Waals surface area contributed by atoms with Gasteiger partial charge >= 0.3 is 18.5 Å². The number of anilines is 1. The summed E-state index contributed by atoms with van der Waals surface area (Å²) in [5.41, 5.74) is 0.879. The van der Waals surface area contributed by atoms with E-state index in [0.29, 0.717) is 16.8 Å². The quantitative estimate of drug-likeness (QED) is 0.396. The molecule has 0 amide bonds. The van der Waals surface area contributed by atoms with Crippen LogP contribution in [0.5, 0.6) is 0 Å². The molecule has 2 heterocycles. The molecule has 0 saturated heterocycles. The Morgan fingerprint density at radius 2 is 1.44 bits per heavy atom. The van der Waals surface area contributed by atoms with Crippen LogP contribution >= 0.6 is 11.6 Å². The van der Waals surface area contributed by atoms with Crippen LogP contribution in [0.25, 0.3) is 16.7 Å². The van der Waals surface area contributed by atoms with Gasteiger partial charge in [-0.05, 0) is 24.6 Å². The predicted octanol–water partition coefficient (Wildman–Crippen LogP) is 6.44. The first-order valence-electron chi connectivity index (χ1n) is 8.60. The normalized spacial score (nSPS) is 12.7. The lowest BCUT2D eigenvalue weighted by molar-refractivity contribution is -0.151. The molecule has 32 heavy (non-hydrogen) atoms. The highest BCUT2D eigenvalue weighted by Crippen LogP contribution is 2.41. The van der Waals surface area contributed by atoms with E-state index < -0.39 is 57.5 Å². The van der Waals surface area contributed by atoms with Crippen molar-refractivity contribution in [2.75, 3.05) is 5.73 Å². The summed E-state index contributed by atoms with van der Waals surface area (Å²) in [6, 6.07) is 1.11. The molecule has 2 N–H and O–H groups in total. The van der Waals surface area contributed by atoms with Gasteiger partial charge in [-0.3, -0.25) is 0 Å². The summed E-state index contributed by atoms with van der Waals surface area (Å²) in [5, 5.41) is 1.87. The smallest absolute Gasteiger partial charge is 0.383 e. The molecule has 5 nitrogen and oxygen atoms in total. The number of hydrogen-bond acceptors (Lipinski definition) is 4. The molecule has 2 aromatic heterocycles. The van der Waals surface area contributed by atoms with Gasteiger partial charge in [0.25, 0.3) is 0 Å². The fourth-order valence-electron chi connectivity index (χ4n) is 2.68. The highest BCUT2D eigenvalue weighted by molar-refractivity contribution is 6.32. The van der Waals surface area contributed by atoms with Gasteiger partial charge in [0.05, 0.1) is 21.7 Å². The number of fused-ring (bicyclic) bond motifs is 1. The number of nitrogens with two attached hydrogens (primary N) is 1. The Morgan fingerprint density at radius 3 is 1.88 bits per heavy atom. The molecule has 0 unspecified atom stereocenters. The standard InChI is InChI=1S/C15H7ClF9N5.C2H6/c1-4-2-5(13(17,18)19)3-6(16)8(4)30-10(26)7-9(14(20,21)22)27-12(15(23,24)25)28-11(7)29-30;1-2/h2-3H,26H2,1H3;1-2H3. The predicted molar refractivity (Wildman–Crippen MR) is 97.2 cm³/mol. The Balaban J connectivity index is 0.00000176. The van der Waals surface area contributed by atoms with Crippen molar-refractivity contribution in [2.24, 2.45) is 0 Å². The van der Waals surface area contributed by atoms with E-state index in [2.05, 4.69) is 15.1 Å². The third kappa shape index (κ3) is 4.69. The number of rotatable bonds is 1. The van der Waals surface area contributed by atoms with Crippen molar-refractivity contribution in [3.63, 3.8) is 0 Å². The summed E-state index contributed by atoms with van der Waals surface area (Å²) >= 11 is 5.85. The van der Waals surface area contributed by atoms with Gasteiger partial charge in [0.1, 0.15) is 5.82 Å². The first-order chi connectivity index (χ1) is 14.5. The zero-order valence-corrected chi connectivity index (χ0v) is 17.1. The molecular weight excluding hydrogens is 481 g/mol. The number of hydrogen-bond donors (Lipinski definition) is 1. The first-order valence-corrected chi connectivity index (χ1v) is 8.98. The SMILES string of the molecule is CC.Cc1cc(C(F)(F)F)cc(Cl)c1-n1nc2nc(C(F)(F)F)nc(C(F)(F)F)c2c1N. The van der Waals surface area contributed by atoms with Gasteiger partial charge in [-0.1, -0.05) is 25.4 Å². The molecule has 0 atom stereocenters. The number of benzene rings is 1. The minimum absolute atomic E-state index is 0.202. The number of alkyl halides is 9. The van der Waals surface area contributed by atoms with Crippen LogP contribution in [0.1, 0.15) is 36.5 Å². The average molecular weight is 494 g/mol. The van der Waals surface area contributed by atoms with Gasteiger partial charge in [0.15, 0.2) is 11.3 Å². The largest absolute Gasteiger partial charge is 0.451 e. The molecule has 0 bridgehead atoms. The van der Waals surface area contributed by atoms with E-state index >= 15 is 0 Å². The molecular formula is C17H13ClF9N5. The van der Waals surface area contributed by atoms with Crippen LogP contribution in [0, 0.1) is 6.92 Å². The van der Waals surface area contributed by atoms with Gasteiger partial charge in [0, 0.05) is 0 Å². The van der Waals surface area contributed by atoms with Gasteiger partial charge in [-0.2, -0.15) is 39.5 Å². The third-order valence-corrected chi connectivity index (χ3v) is 4.17. The molecule has 3 aromatic rings. The minimum Gasteiger partial charge on any atom is -0.383 e. The van der Waals surface area contributed by atoms with E-state index in [1.165, 1.54) is 0 Å². The van der Waals surface area contributed by atoms with Crippen molar-refractivity contribution < 1.29 is 39.5 Å². The topological polar surface area (TPSA) is 69.6 Å². The zero-order valence-electron chi connectivity index (χ0n) is 16.3. The van der Waals surface area contributed by atoms with Crippen molar-refractivity contribution in [3.8, 4) is 5.69 Å². The van der Waals surface area contributed by atoms with Gasteiger partial charge in [-0.15, -0.1) is 5.10 Å². The molecule has 0 saturated carbocycles. The Labute approximate surface area is 179 Å². The maximum absolute atomic E-state index is 13.3. The summed E-state index contributed by atoms with van der Waals surface area (Å²) in [4.78, 5) is 5.50. The highest BCUT2D eigenvalue weighted by Gasteiger charge is 2.43. The molecule has 15 heteroatoms. The number of aromatic nitrogens is 4. The van der Waals surface area contributed by atoms with Crippen molar-refractivity contribution in [1.82, 2.24) is 19.7 Å². The Morgan fingerprint density at radius 1 is 0.875 bits per heavy atom. The minimum atomic E-state index is -5.36. The summed E-state index contributed by atoms with van der Waals surface area (Å²) < 4.78 is 118. The highest BCUT2D eigenvalue weighted by atomic mass is 35.5. The molecule has 0 aliphatic heterocycles. The van der Waals surface area contributed by atoms with Crippen LogP contribution in [0.4, 0.5) is 45.3 Å². The summed E-state index contributed by atoms with van der Waals surface area (Å²) in [7, 11) is 0. The lowest BCUT2D eigenvalue weighted by Crippen LogP contribution is -2.17. The number of nitrogen functional groups attached to an aromatic ring is 1. The van der Waals surface area contributed by atoms with Crippen LogP contribution in [0.2, 0.25) is 5.02 Å². The van der Waals surface area contributed by atoms with Gasteiger partial charge in [0.2, 0.25) is 5.82 Å². The fraction of sp³-hybridized carbons (Fsp3) is 0.353. The second-order valence-electron chi connectivity index (χ2n) is 6.01. The molecule has 0 aliphatic rings. The summed E-state index contributed by atoms with van der Waals surface area (Å²) in [6.45, 7) is 5.14. The van der Waals surface area contributed by atoms with Gasteiger partial charge < -0.3 is 5.73 Å². The van der Waals surface area contributed by atoms with E-state index in [1.807, 2.05) is 13.8 Å². The van der Waals surface area contributed by atoms with E-state index in [9.17, 15) is 39.5 Å². The molecule has 1 aromatic carbocycles. The van der Waals surface area contributed by atoms with Crippen molar-refractivity contribution in [3.05, 3.63) is 39.8 Å². The van der Waals surface area contributed by atoms with E-state index in [-0.39, 0.29) is 11.3 Å². The molecule has 0 fully saturated rings. The van der Waals surface area contributed by atoms with Crippen LogP contribution in [-0.4, -0.2) is 19.7 Å². The molecule has 3 rings (SSSR count). The molecule has 0 spiro atoms. The summed E-state index contributed by atoms with van der Waals surface area (Å²) in [5.74, 6) is -2.96. The second-order valence-corrected chi connectivity index (χ2v) is 6.42. The number of aryl methyl sites for hydroxylation is 1. The maximum Gasteiger partial charge on any atom is 0.451 e. The molecule has 176 valence electrons. The number of halogens is 10. The van der Waals surface area contributed by atoms with E-state index in [0.717, 1.165) is 6.92 Å². The summed E-state index contributed by atoms with van der Waals surface area (Å²) in [6.07, 6.45) is -15.5. The third-order valence-electron chi connectivity index (χ3n) is 3.88. The van der Waals surface area contributed by atoms with Crippen LogP contribution in [-0.2, 0) is 18.5 Å². The maximum atomic E-state index is 13.3. The molecule has 0 radical (unpaired) electrons. The first kappa shape index (κ1) is 25.5. The zero-order chi connectivity index (χ0) is 24.8. The lowest BCUT2D eigenvalue weighted by atomic mass is 10.1. The van der Waals surface area contributed by atoms with E-state index in [4.69, 9.17) is 17.3 Å². The second kappa shape index (κ2) is 8.30. The number of nitrogens with zero attached hydrogens (tertiary/aromatic N) is 4. The van der Waals surface area contributed by atoms with Crippen molar-refractivity contribution in [1.29, 1.82) is 0 Å². The van der Waals surface area contributed by atoms with Crippen LogP contribution < -0.4 is 5.73 Å². The van der Waals surface area contributed by atoms with Crippen LogP contribution in [0.3, 0.4) is 0 Å². The molecule has 0 aliphatic carbocycles. The van der Waals surface area contributed by atoms with Crippen molar-refractivity contribution >= 4 is 28.5 Å². The fourth-order valence-corrected chi connectivity index (χ4v) is 3.03. The van der Waals surface area contributed by atoms with Crippen molar-refractivity contribution in [2.45, 2.75) is 39.3 Å². The monoisotopic (exact) mass is 493 g/mol. The van der Waals surface area contributed by atoms with Crippen LogP contribution in [0.15, 0.2) is 12.1 Å². The Kier molecular flexibility index (Phi) is 6.61. The van der Waals surface area contributed by atoms with Gasteiger partial charge in [-0.25, -0.2) is 14.6 Å². The Bertz CT molecular complexity index is 1120. The average Bonchev–Trinajstić information content (AvgIpc) is 2.96. The van der Waals surface area contributed by atoms with E-state index in [1.54, 1.807) is 0 Å². The lowest BCUT2D eigenvalue weighted by Gasteiger charge is -2.14. The Hall–Kier alpha value is -2.77.